The number of aliphatic hydroxyl groups is 1. The first-order valence-corrected chi connectivity index (χ1v) is 4.23. The molecule has 0 aromatic carbocycles. The topological polar surface area (TPSA) is 40.5 Å². The van der Waals surface area contributed by atoms with Gasteiger partial charge >= 0.3 is 6.43 Å². The minimum absolute atomic E-state index is 0.104. The summed E-state index contributed by atoms with van der Waals surface area (Å²) in [6.45, 7) is 0.426. The molecule has 0 saturated carbocycles. The molecule has 0 unspecified atom stereocenters. The maximum absolute atomic E-state index is 11.8. The molecule has 0 aliphatic rings. The van der Waals surface area contributed by atoms with Gasteiger partial charge in [0.25, 0.3) is 5.91 Å². The van der Waals surface area contributed by atoms with Gasteiger partial charge in [-0.1, -0.05) is 0 Å². The number of amides is 1. The third kappa shape index (κ3) is 5.52. The Bertz CT molecular complexity index is 153. The number of hydrogen-bond acceptors (Lipinski definition) is 2. The number of nitrogens with zero attached hydrogens (tertiary/aromatic N) is 1. The second-order valence-electron chi connectivity index (χ2n) is 2.84. The highest BCUT2D eigenvalue weighted by atomic mass is 19.3. The maximum Gasteiger partial charge on any atom is 0.315 e. The first-order valence-electron chi connectivity index (χ1n) is 4.23. The molecule has 0 aliphatic carbocycles. The van der Waals surface area contributed by atoms with E-state index in [0.29, 0.717) is 19.4 Å². The van der Waals surface area contributed by atoms with Crippen LogP contribution in [0.1, 0.15) is 19.3 Å². The SMILES string of the molecule is CN(CCCCCO)C(=O)C(F)F. The van der Waals surface area contributed by atoms with Gasteiger partial charge in [-0.3, -0.25) is 4.79 Å². The Hall–Kier alpha value is -0.710. The zero-order valence-electron chi connectivity index (χ0n) is 7.67. The Balaban J connectivity index is 3.50. The number of unbranched alkanes of at least 4 members (excludes halogenated alkanes) is 2. The van der Waals surface area contributed by atoms with Crippen molar-refractivity contribution >= 4 is 5.91 Å². The molecule has 0 spiro atoms. The van der Waals surface area contributed by atoms with Gasteiger partial charge in [0.15, 0.2) is 0 Å². The van der Waals surface area contributed by atoms with Crippen molar-refractivity contribution < 1.29 is 18.7 Å². The summed E-state index contributed by atoms with van der Waals surface area (Å²) in [4.78, 5) is 11.6. The second kappa shape index (κ2) is 6.77. The van der Waals surface area contributed by atoms with Crippen molar-refractivity contribution in [2.75, 3.05) is 20.2 Å². The molecule has 0 heterocycles. The van der Waals surface area contributed by atoms with Gasteiger partial charge in [-0.2, -0.15) is 8.78 Å². The molecule has 78 valence electrons. The summed E-state index contributed by atoms with van der Waals surface area (Å²) in [6.07, 6.45) is -0.869. The number of alkyl halides is 2. The first-order chi connectivity index (χ1) is 6.09. The Labute approximate surface area is 76.3 Å². The zero-order chi connectivity index (χ0) is 10.3. The third-order valence-corrected chi connectivity index (χ3v) is 1.71. The second-order valence-corrected chi connectivity index (χ2v) is 2.84. The number of halogens is 2. The fourth-order valence-electron chi connectivity index (χ4n) is 0.914. The summed E-state index contributed by atoms with van der Waals surface area (Å²) < 4.78 is 23.6. The lowest BCUT2D eigenvalue weighted by Crippen LogP contribution is -2.32. The van der Waals surface area contributed by atoms with Gasteiger partial charge in [0.2, 0.25) is 0 Å². The molecule has 3 nitrogen and oxygen atoms in total. The van der Waals surface area contributed by atoms with Crippen LogP contribution in [0.25, 0.3) is 0 Å². The van der Waals surface area contributed by atoms with E-state index in [2.05, 4.69) is 0 Å². The van der Waals surface area contributed by atoms with E-state index in [-0.39, 0.29) is 6.61 Å². The molecular formula is C8H15F2NO2. The van der Waals surface area contributed by atoms with Crippen molar-refractivity contribution in [2.45, 2.75) is 25.7 Å². The van der Waals surface area contributed by atoms with Gasteiger partial charge in [-0.05, 0) is 19.3 Å². The van der Waals surface area contributed by atoms with Gasteiger partial charge in [0.05, 0.1) is 0 Å². The highest BCUT2D eigenvalue weighted by molar-refractivity contribution is 5.78. The van der Waals surface area contributed by atoms with Gasteiger partial charge < -0.3 is 10.0 Å². The van der Waals surface area contributed by atoms with E-state index in [1.165, 1.54) is 7.05 Å². The van der Waals surface area contributed by atoms with E-state index >= 15 is 0 Å². The Morgan fingerprint density at radius 1 is 1.38 bits per heavy atom. The van der Waals surface area contributed by atoms with Crippen molar-refractivity contribution in [3.63, 3.8) is 0 Å². The van der Waals surface area contributed by atoms with Crippen LogP contribution in [0, 0.1) is 0 Å². The minimum Gasteiger partial charge on any atom is -0.396 e. The van der Waals surface area contributed by atoms with Crippen molar-refractivity contribution in [2.24, 2.45) is 0 Å². The van der Waals surface area contributed by atoms with Gasteiger partial charge in [-0.15, -0.1) is 0 Å². The third-order valence-electron chi connectivity index (χ3n) is 1.71. The van der Waals surface area contributed by atoms with Crippen LogP contribution in [0.2, 0.25) is 0 Å². The predicted molar refractivity (Wildman–Crippen MR) is 44.6 cm³/mol. The number of rotatable bonds is 6. The largest absolute Gasteiger partial charge is 0.396 e. The number of carbonyl (C=O) groups excluding carboxylic acids is 1. The molecule has 0 aromatic heterocycles. The van der Waals surface area contributed by atoms with Crippen molar-refractivity contribution in [1.82, 2.24) is 4.90 Å². The molecule has 5 heteroatoms. The van der Waals surface area contributed by atoms with Crippen LogP contribution in [0.5, 0.6) is 0 Å². The molecule has 13 heavy (non-hydrogen) atoms. The molecule has 1 amide bonds. The molecule has 0 bridgehead atoms. The van der Waals surface area contributed by atoms with Gasteiger partial charge in [0.1, 0.15) is 0 Å². The van der Waals surface area contributed by atoms with Gasteiger partial charge in [-0.25, -0.2) is 0 Å². The lowest BCUT2D eigenvalue weighted by atomic mass is 10.2. The molecule has 0 saturated heterocycles. The average Bonchev–Trinajstić information content (AvgIpc) is 2.10. The molecule has 0 rings (SSSR count). The quantitative estimate of drug-likeness (QED) is 0.639. The van der Waals surface area contributed by atoms with Crippen molar-refractivity contribution in [1.29, 1.82) is 0 Å². The average molecular weight is 195 g/mol. The van der Waals surface area contributed by atoms with Crippen molar-refractivity contribution in [3.8, 4) is 0 Å². The number of hydrogen-bond donors (Lipinski definition) is 1. The normalized spacial score (nSPS) is 10.5. The number of aliphatic hydroxyl groups excluding tert-OH is 1. The fourth-order valence-corrected chi connectivity index (χ4v) is 0.914. The van der Waals surface area contributed by atoms with E-state index in [1.807, 2.05) is 0 Å². The predicted octanol–water partition coefficient (Wildman–Crippen LogP) is 0.872. The van der Waals surface area contributed by atoms with E-state index in [0.717, 1.165) is 11.3 Å². The Morgan fingerprint density at radius 3 is 2.46 bits per heavy atom. The summed E-state index contributed by atoms with van der Waals surface area (Å²) >= 11 is 0. The monoisotopic (exact) mass is 195 g/mol. The van der Waals surface area contributed by atoms with Crippen LogP contribution in [0.4, 0.5) is 8.78 Å². The lowest BCUT2D eigenvalue weighted by molar-refractivity contribution is -0.141. The minimum atomic E-state index is -2.91. The van der Waals surface area contributed by atoms with Crippen LogP contribution in [0.3, 0.4) is 0 Å². The fraction of sp³-hybridized carbons (Fsp3) is 0.875. The molecular weight excluding hydrogens is 180 g/mol. The van der Waals surface area contributed by atoms with Crippen LogP contribution in [-0.2, 0) is 4.79 Å². The molecule has 0 aromatic rings. The Kier molecular flexibility index (Phi) is 6.40. The van der Waals surface area contributed by atoms with Crippen LogP contribution < -0.4 is 0 Å². The van der Waals surface area contributed by atoms with Crippen molar-refractivity contribution in [3.05, 3.63) is 0 Å². The van der Waals surface area contributed by atoms with E-state index < -0.39 is 12.3 Å². The number of carbonyl (C=O) groups is 1. The summed E-state index contributed by atoms with van der Waals surface area (Å²) in [5, 5.41) is 8.43. The maximum atomic E-state index is 11.8. The lowest BCUT2D eigenvalue weighted by Gasteiger charge is -2.15. The molecule has 0 atom stereocenters. The summed E-state index contributed by atoms with van der Waals surface area (Å²) in [5.74, 6) is -1.14. The summed E-state index contributed by atoms with van der Waals surface area (Å²) in [7, 11) is 1.35. The first kappa shape index (κ1) is 12.3. The summed E-state index contributed by atoms with van der Waals surface area (Å²) in [5.41, 5.74) is 0. The van der Waals surface area contributed by atoms with E-state index in [9.17, 15) is 13.6 Å². The standard InChI is InChI=1S/C8H15F2NO2/c1-11(8(13)7(9)10)5-3-2-4-6-12/h7,12H,2-6H2,1H3. The summed E-state index contributed by atoms with van der Waals surface area (Å²) in [6, 6.07) is 0. The smallest absolute Gasteiger partial charge is 0.315 e. The van der Waals surface area contributed by atoms with Crippen LogP contribution in [-0.4, -0.2) is 42.5 Å². The van der Waals surface area contributed by atoms with E-state index in [1.54, 1.807) is 0 Å². The molecule has 0 aliphatic heterocycles. The highest BCUT2D eigenvalue weighted by Crippen LogP contribution is 2.01. The van der Waals surface area contributed by atoms with Crippen LogP contribution in [0.15, 0.2) is 0 Å². The molecule has 1 N–H and O–H groups in total. The molecule has 0 radical (unpaired) electrons. The van der Waals surface area contributed by atoms with Gasteiger partial charge in [0, 0.05) is 20.2 Å². The zero-order valence-corrected chi connectivity index (χ0v) is 7.67. The molecule has 0 fully saturated rings. The highest BCUT2D eigenvalue weighted by Gasteiger charge is 2.19. The van der Waals surface area contributed by atoms with Crippen LogP contribution >= 0.6 is 0 Å². The van der Waals surface area contributed by atoms with E-state index in [4.69, 9.17) is 5.11 Å². The Morgan fingerprint density at radius 2 is 2.00 bits per heavy atom.